The minimum absolute atomic E-state index is 0.108. The van der Waals surface area contributed by atoms with Gasteiger partial charge in [-0.1, -0.05) is 18.5 Å². The van der Waals surface area contributed by atoms with Crippen LogP contribution in [0.5, 0.6) is 5.75 Å². The first-order valence-corrected chi connectivity index (χ1v) is 8.77. The number of anilines is 1. The summed E-state index contributed by atoms with van der Waals surface area (Å²) in [5.74, 6) is 0.0416. The fourth-order valence-corrected chi connectivity index (χ4v) is 3.27. The molecule has 1 atom stereocenters. The van der Waals surface area contributed by atoms with E-state index >= 15 is 0 Å². The van der Waals surface area contributed by atoms with Crippen molar-refractivity contribution in [3.63, 3.8) is 0 Å². The summed E-state index contributed by atoms with van der Waals surface area (Å²) in [7, 11) is 1.52. The van der Waals surface area contributed by atoms with Crippen LogP contribution >= 0.6 is 11.6 Å². The number of methoxy groups -OCH3 is 1. The number of rotatable bonds is 5. The van der Waals surface area contributed by atoms with Gasteiger partial charge in [0.25, 0.3) is 0 Å². The van der Waals surface area contributed by atoms with Crippen LogP contribution in [0.3, 0.4) is 0 Å². The third-order valence-electron chi connectivity index (χ3n) is 4.49. The fourth-order valence-electron chi connectivity index (χ4n) is 3.12. The average molecular weight is 353 g/mol. The van der Waals surface area contributed by atoms with Gasteiger partial charge in [0, 0.05) is 23.7 Å². The van der Waals surface area contributed by atoms with Crippen LogP contribution in [0.25, 0.3) is 0 Å². The lowest BCUT2D eigenvalue weighted by atomic mass is 9.99. The Bertz CT molecular complexity index is 619. The predicted molar refractivity (Wildman–Crippen MR) is 95.6 cm³/mol. The van der Waals surface area contributed by atoms with Gasteiger partial charge < -0.3 is 15.0 Å². The lowest BCUT2D eigenvalue weighted by molar-refractivity contribution is -0.137. The molecule has 6 heteroatoms. The Hall–Kier alpha value is -1.75. The topological polar surface area (TPSA) is 58.6 Å². The molecule has 24 heavy (non-hydrogen) atoms. The number of piperidine rings is 1. The largest absolute Gasteiger partial charge is 0.495 e. The third kappa shape index (κ3) is 4.41. The minimum Gasteiger partial charge on any atom is -0.495 e. The van der Waals surface area contributed by atoms with Crippen LogP contribution in [0, 0.1) is 6.92 Å². The molecule has 0 bridgehead atoms. The number of carbonyl (C=O) groups is 2. The van der Waals surface area contributed by atoms with Crippen LogP contribution in [0.1, 0.15) is 44.6 Å². The van der Waals surface area contributed by atoms with E-state index in [0.717, 1.165) is 37.8 Å². The number of nitrogens with zero attached hydrogens (tertiary/aromatic N) is 1. The molecular weight excluding hydrogens is 328 g/mol. The Morgan fingerprint density at radius 2 is 2.12 bits per heavy atom. The zero-order chi connectivity index (χ0) is 17.7. The summed E-state index contributed by atoms with van der Waals surface area (Å²) in [6.07, 6.45) is 3.96. The van der Waals surface area contributed by atoms with Crippen LogP contribution in [-0.4, -0.2) is 36.4 Å². The Morgan fingerprint density at radius 3 is 2.79 bits per heavy atom. The third-order valence-corrected chi connectivity index (χ3v) is 4.89. The summed E-state index contributed by atoms with van der Waals surface area (Å²) in [5.41, 5.74) is 1.36. The molecular formula is C18H25ClN2O3. The molecule has 0 saturated carbocycles. The maximum Gasteiger partial charge on any atom is 0.233 e. The number of benzene rings is 1. The average Bonchev–Trinajstić information content (AvgIpc) is 2.57. The Kier molecular flexibility index (Phi) is 6.49. The van der Waals surface area contributed by atoms with E-state index in [1.807, 2.05) is 11.8 Å². The van der Waals surface area contributed by atoms with Gasteiger partial charge in [-0.3, -0.25) is 9.59 Å². The van der Waals surface area contributed by atoms with Gasteiger partial charge in [0.15, 0.2) is 0 Å². The molecule has 1 heterocycles. The van der Waals surface area contributed by atoms with E-state index in [0.29, 0.717) is 16.5 Å². The van der Waals surface area contributed by atoms with E-state index in [-0.39, 0.29) is 24.3 Å². The molecule has 2 rings (SSSR count). The molecule has 1 unspecified atom stereocenters. The number of halogens is 1. The van der Waals surface area contributed by atoms with Crippen LogP contribution in [0.2, 0.25) is 5.02 Å². The summed E-state index contributed by atoms with van der Waals surface area (Å²) in [5, 5.41) is 3.33. The molecule has 1 N–H and O–H groups in total. The Balaban J connectivity index is 2.02. The molecule has 1 saturated heterocycles. The molecule has 1 aromatic rings. The lowest BCUT2D eigenvalue weighted by Gasteiger charge is -2.35. The zero-order valence-electron chi connectivity index (χ0n) is 14.5. The molecule has 0 aliphatic carbocycles. The second-order valence-corrected chi connectivity index (χ2v) is 6.58. The molecule has 0 aromatic heterocycles. The number of aryl methyl sites for hydroxylation is 1. The van der Waals surface area contributed by atoms with Gasteiger partial charge in [-0.15, -0.1) is 0 Å². The highest BCUT2D eigenvalue weighted by Crippen LogP contribution is 2.31. The SMILES string of the molecule is CCC1CCCCN1C(=O)CC(=O)Nc1cc(C)c(Cl)cc1OC. The van der Waals surface area contributed by atoms with Crippen LogP contribution in [-0.2, 0) is 9.59 Å². The summed E-state index contributed by atoms with van der Waals surface area (Å²) in [6.45, 7) is 4.67. The van der Waals surface area contributed by atoms with Gasteiger partial charge in [-0.2, -0.15) is 0 Å². The molecule has 5 nitrogen and oxygen atoms in total. The van der Waals surface area contributed by atoms with Crippen molar-refractivity contribution in [1.29, 1.82) is 0 Å². The Morgan fingerprint density at radius 1 is 1.38 bits per heavy atom. The lowest BCUT2D eigenvalue weighted by Crippen LogP contribution is -2.44. The fraction of sp³-hybridized carbons (Fsp3) is 0.556. The van der Waals surface area contributed by atoms with E-state index in [4.69, 9.17) is 16.3 Å². The molecule has 0 radical (unpaired) electrons. The number of hydrogen-bond acceptors (Lipinski definition) is 3. The molecule has 132 valence electrons. The maximum absolute atomic E-state index is 12.5. The predicted octanol–water partition coefficient (Wildman–Crippen LogP) is 3.78. The van der Waals surface area contributed by atoms with Gasteiger partial charge in [-0.05, 0) is 44.2 Å². The first-order chi connectivity index (χ1) is 11.5. The van der Waals surface area contributed by atoms with Crippen molar-refractivity contribution in [1.82, 2.24) is 4.90 Å². The van der Waals surface area contributed by atoms with Gasteiger partial charge in [-0.25, -0.2) is 0 Å². The number of likely N-dealkylation sites (tertiary alicyclic amines) is 1. The minimum atomic E-state index is -0.333. The number of carbonyl (C=O) groups excluding carboxylic acids is 2. The van der Waals surface area contributed by atoms with E-state index in [1.54, 1.807) is 12.1 Å². The molecule has 1 aromatic carbocycles. The van der Waals surface area contributed by atoms with Gasteiger partial charge in [0.05, 0.1) is 12.8 Å². The highest BCUT2D eigenvalue weighted by Gasteiger charge is 2.26. The van der Waals surface area contributed by atoms with Crippen molar-refractivity contribution < 1.29 is 14.3 Å². The Labute approximate surface area is 148 Å². The summed E-state index contributed by atoms with van der Waals surface area (Å²) in [6, 6.07) is 3.66. The van der Waals surface area contributed by atoms with Crippen LogP contribution in [0.15, 0.2) is 12.1 Å². The van der Waals surface area contributed by atoms with Gasteiger partial charge >= 0.3 is 0 Å². The quantitative estimate of drug-likeness (QED) is 0.820. The summed E-state index contributed by atoms with van der Waals surface area (Å²) < 4.78 is 5.24. The standard InChI is InChI=1S/C18H25ClN2O3/c1-4-13-7-5-6-8-21(13)18(23)11-17(22)20-15-9-12(2)14(19)10-16(15)24-3/h9-10,13H,4-8,11H2,1-3H3,(H,20,22). The smallest absolute Gasteiger partial charge is 0.233 e. The number of amides is 2. The monoisotopic (exact) mass is 352 g/mol. The molecule has 2 amide bonds. The van der Waals surface area contributed by atoms with Crippen LogP contribution < -0.4 is 10.1 Å². The maximum atomic E-state index is 12.5. The first-order valence-electron chi connectivity index (χ1n) is 8.39. The summed E-state index contributed by atoms with van der Waals surface area (Å²) >= 11 is 6.07. The number of ether oxygens (including phenoxy) is 1. The van der Waals surface area contributed by atoms with Crippen LogP contribution in [0.4, 0.5) is 5.69 Å². The van der Waals surface area contributed by atoms with E-state index in [1.165, 1.54) is 7.11 Å². The first kappa shape index (κ1) is 18.6. The summed E-state index contributed by atoms with van der Waals surface area (Å²) in [4.78, 5) is 26.6. The normalized spacial score (nSPS) is 17.5. The van der Waals surface area contributed by atoms with Crippen molar-refractivity contribution in [2.75, 3.05) is 19.0 Å². The number of nitrogens with one attached hydrogen (secondary N) is 1. The van der Waals surface area contributed by atoms with Crippen molar-refractivity contribution in [3.8, 4) is 5.75 Å². The van der Waals surface area contributed by atoms with E-state index in [9.17, 15) is 9.59 Å². The van der Waals surface area contributed by atoms with E-state index < -0.39 is 0 Å². The van der Waals surface area contributed by atoms with E-state index in [2.05, 4.69) is 12.2 Å². The van der Waals surface area contributed by atoms with Crippen molar-refractivity contribution in [2.24, 2.45) is 0 Å². The van der Waals surface area contributed by atoms with Gasteiger partial charge in [0.1, 0.15) is 12.2 Å². The second-order valence-electron chi connectivity index (χ2n) is 6.17. The van der Waals surface area contributed by atoms with Crippen molar-refractivity contribution in [2.45, 2.75) is 52.0 Å². The molecule has 1 aliphatic rings. The molecule has 1 fully saturated rings. The zero-order valence-corrected chi connectivity index (χ0v) is 15.3. The molecule has 0 spiro atoms. The highest BCUT2D eigenvalue weighted by atomic mass is 35.5. The van der Waals surface area contributed by atoms with Gasteiger partial charge in [0.2, 0.25) is 11.8 Å². The second kappa shape index (κ2) is 8.38. The number of hydrogen-bond donors (Lipinski definition) is 1. The highest BCUT2D eigenvalue weighted by molar-refractivity contribution is 6.31. The molecule has 1 aliphatic heterocycles. The van der Waals surface area contributed by atoms with Crippen molar-refractivity contribution >= 4 is 29.1 Å². The van der Waals surface area contributed by atoms with Crippen molar-refractivity contribution in [3.05, 3.63) is 22.7 Å².